The molecule has 1 aliphatic rings. The molecule has 2 rings (SSSR count). The molecule has 106 valence electrons. The number of likely N-dealkylation sites (N-methyl/N-ethyl adjacent to an activating group) is 1. The van der Waals surface area contributed by atoms with Crippen molar-refractivity contribution in [2.75, 3.05) is 19.0 Å². The van der Waals surface area contributed by atoms with E-state index < -0.39 is 0 Å². The normalized spacial score (nSPS) is 23.4. The summed E-state index contributed by atoms with van der Waals surface area (Å²) in [6.07, 6.45) is 3.56. The minimum atomic E-state index is -0.352. The van der Waals surface area contributed by atoms with Gasteiger partial charge in [0.15, 0.2) is 0 Å². The van der Waals surface area contributed by atoms with E-state index in [4.69, 9.17) is 0 Å². The molecule has 0 saturated heterocycles. The molecule has 0 aliphatic heterocycles. The van der Waals surface area contributed by atoms with E-state index >= 15 is 0 Å². The Bertz CT molecular complexity index is 425. The summed E-state index contributed by atoms with van der Waals surface area (Å²) in [5.74, 6) is -0.215. The number of rotatable bonds is 4. The van der Waals surface area contributed by atoms with Gasteiger partial charge < -0.3 is 15.3 Å². The van der Waals surface area contributed by atoms with E-state index in [0.717, 1.165) is 31.2 Å². The Morgan fingerprint density at radius 1 is 1.37 bits per heavy atom. The second kappa shape index (κ2) is 6.35. The molecule has 0 bridgehead atoms. The van der Waals surface area contributed by atoms with Gasteiger partial charge in [-0.05, 0) is 37.6 Å². The van der Waals surface area contributed by atoms with Gasteiger partial charge in [0.25, 0.3) is 0 Å². The summed E-state index contributed by atoms with van der Waals surface area (Å²) in [4.78, 5) is 1.89. The molecule has 1 aliphatic carbocycles. The number of aliphatic hydroxyl groups excluding tert-OH is 1. The van der Waals surface area contributed by atoms with Crippen molar-refractivity contribution in [3.63, 3.8) is 0 Å². The lowest BCUT2D eigenvalue weighted by atomic mass is 9.91. The molecule has 0 amide bonds. The van der Waals surface area contributed by atoms with Gasteiger partial charge in [0.2, 0.25) is 0 Å². The number of nitrogens with one attached hydrogen (secondary N) is 1. The highest BCUT2D eigenvalue weighted by Crippen LogP contribution is 2.28. The Morgan fingerprint density at radius 2 is 2.11 bits per heavy atom. The predicted octanol–water partition coefficient (Wildman–Crippen LogP) is 2.28. The van der Waals surface area contributed by atoms with Gasteiger partial charge in [-0.3, -0.25) is 0 Å². The molecule has 1 aromatic rings. The first-order valence-electron chi connectivity index (χ1n) is 6.97. The molecule has 19 heavy (non-hydrogen) atoms. The molecule has 2 unspecified atom stereocenters. The summed E-state index contributed by atoms with van der Waals surface area (Å²) < 4.78 is 14.2. The lowest BCUT2D eigenvalue weighted by molar-refractivity contribution is 0.106. The van der Waals surface area contributed by atoms with Crippen molar-refractivity contribution >= 4 is 5.69 Å². The van der Waals surface area contributed by atoms with Crippen LogP contribution in [-0.2, 0) is 6.54 Å². The fraction of sp³-hybridized carbons (Fsp3) is 0.600. The van der Waals surface area contributed by atoms with Crippen LogP contribution < -0.4 is 10.2 Å². The molecule has 1 fully saturated rings. The molecule has 2 atom stereocenters. The topological polar surface area (TPSA) is 35.5 Å². The number of halogens is 1. The summed E-state index contributed by atoms with van der Waals surface area (Å²) in [7, 11) is 3.71. The smallest absolute Gasteiger partial charge is 0.146 e. The molecule has 0 spiro atoms. The van der Waals surface area contributed by atoms with Crippen LogP contribution in [0.1, 0.15) is 31.2 Å². The Morgan fingerprint density at radius 3 is 2.74 bits per heavy atom. The van der Waals surface area contributed by atoms with Gasteiger partial charge in [0.1, 0.15) is 5.82 Å². The zero-order chi connectivity index (χ0) is 13.8. The third kappa shape index (κ3) is 3.25. The van der Waals surface area contributed by atoms with E-state index in [1.54, 1.807) is 6.07 Å². The van der Waals surface area contributed by atoms with E-state index in [9.17, 15) is 9.50 Å². The third-order valence-electron chi connectivity index (χ3n) is 3.96. The lowest BCUT2D eigenvalue weighted by Crippen LogP contribution is -2.43. The van der Waals surface area contributed by atoms with Crippen molar-refractivity contribution in [1.29, 1.82) is 0 Å². The Kier molecular flexibility index (Phi) is 4.77. The molecule has 0 aromatic heterocycles. The number of nitrogens with zero attached hydrogens (tertiary/aromatic N) is 1. The zero-order valence-electron chi connectivity index (χ0n) is 11.7. The molecular weight excluding hydrogens is 243 g/mol. The second-order valence-corrected chi connectivity index (χ2v) is 5.35. The maximum absolute atomic E-state index is 14.2. The van der Waals surface area contributed by atoms with Gasteiger partial charge in [-0.1, -0.05) is 18.9 Å². The lowest BCUT2D eigenvalue weighted by Gasteiger charge is -2.36. The van der Waals surface area contributed by atoms with Crippen LogP contribution in [0, 0.1) is 5.82 Å². The number of benzene rings is 1. The van der Waals surface area contributed by atoms with Gasteiger partial charge in [0.05, 0.1) is 17.8 Å². The average molecular weight is 266 g/mol. The highest BCUT2D eigenvalue weighted by Gasteiger charge is 2.27. The molecule has 3 nitrogen and oxygen atoms in total. The highest BCUT2D eigenvalue weighted by molar-refractivity contribution is 5.49. The molecule has 1 saturated carbocycles. The minimum absolute atomic E-state index is 0.0263. The van der Waals surface area contributed by atoms with Gasteiger partial charge in [-0.2, -0.15) is 0 Å². The first-order chi connectivity index (χ1) is 9.13. The fourth-order valence-electron chi connectivity index (χ4n) is 2.87. The molecule has 2 N–H and O–H groups in total. The number of hydrogen-bond donors (Lipinski definition) is 2. The van der Waals surface area contributed by atoms with Crippen molar-refractivity contribution < 1.29 is 9.50 Å². The average Bonchev–Trinajstić information content (AvgIpc) is 2.39. The summed E-state index contributed by atoms with van der Waals surface area (Å²) in [6, 6.07) is 5.33. The number of hydrogen-bond acceptors (Lipinski definition) is 3. The summed E-state index contributed by atoms with van der Waals surface area (Å²) in [6.45, 7) is 0.660. The van der Waals surface area contributed by atoms with E-state index in [0.29, 0.717) is 12.2 Å². The van der Waals surface area contributed by atoms with Crippen LogP contribution in [0.2, 0.25) is 0 Å². The minimum Gasteiger partial charge on any atom is -0.391 e. The SMILES string of the molecule is CNCc1ccc(N(C)C2CCCCC2O)c(F)c1. The third-order valence-corrected chi connectivity index (χ3v) is 3.96. The quantitative estimate of drug-likeness (QED) is 0.877. The molecule has 4 heteroatoms. The summed E-state index contributed by atoms with van der Waals surface area (Å²) in [5, 5.41) is 13.1. The molecule has 1 aromatic carbocycles. The standard InChI is InChI=1S/C15H23FN2O/c1-17-10-11-7-8-13(12(16)9-11)18(2)14-5-3-4-6-15(14)19/h7-9,14-15,17,19H,3-6,10H2,1-2H3. The van der Waals surface area contributed by atoms with Crippen molar-refractivity contribution in [2.45, 2.75) is 44.4 Å². The number of aliphatic hydroxyl groups is 1. The van der Waals surface area contributed by atoms with Crippen LogP contribution in [0.5, 0.6) is 0 Å². The van der Waals surface area contributed by atoms with Crippen molar-refractivity contribution in [3.8, 4) is 0 Å². The van der Waals surface area contributed by atoms with Crippen LogP contribution in [0.25, 0.3) is 0 Å². The fourth-order valence-corrected chi connectivity index (χ4v) is 2.87. The van der Waals surface area contributed by atoms with Crippen LogP contribution >= 0.6 is 0 Å². The molecule has 0 radical (unpaired) electrons. The van der Waals surface area contributed by atoms with Gasteiger partial charge in [0, 0.05) is 13.6 Å². The Hall–Kier alpha value is -1.13. The van der Waals surface area contributed by atoms with Crippen LogP contribution in [0.3, 0.4) is 0 Å². The summed E-state index contributed by atoms with van der Waals surface area (Å²) in [5.41, 5.74) is 1.51. The second-order valence-electron chi connectivity index (χ2n) is 5.35. The van der Waals surface area contributed by atoms with Crippen molar-refractivity contribution in [3.05, 3.63) is 29.6 Å². The molecular formula is C15H23FN2O. The van der Waals surface area contributed by atoms with Gasteiger partial charge >= 0.3 is 0 Å². The van der Waals surface area contributed by atoms with E-state index in [1.165, 1.54) is 0 Å². The highest BCUT2D eigenvalue weighted by atomic mass is 19.1. The van der Waals surface area contributed by atoms with Crippen molar-refractivity contribution in [2.24, 2.45) is 0 Å². The predicted molar refractivity (Wildman–Crippen MR) is 75.8 cm³/mol. The first kappa shape index (κ1) is 14.3. The largest absolute Gasteiger partial charge is 0.391 e. The maximum atomic E-state index is 14.2. The zero-order valence-corrected chi connectivity index (χ0v) is 11.7. The van der Waals surface area contributed by atoms with Crippen LogP contribution in [-0.4, -0.2) is 31.3 Å². The van der Waals surface area contributed by atoms with Crippen LogP contribution in [0.15, 0.2) is 18.2 Å². The van der Waals surface area contributed by atoms with E-state index in [2.05, 4.69) is 5.32 Å². The maximum Gasteiger partial charge on any atom is 0.146 e. The monoisotopic (exact) mass is 266 g/mol. The van der Waals surface area contributed by atoms with Gasteiger partial charge in [-0.15, -0.1) is 0 Å². The Balaban J connectivity index is 2.16. The van der Waals surface area contributed by atoms with E-state index in [1.807, 2.05) is 31.1 Å². The molecule has 0 heterocycles. The Labute approximate surface area is 114 Å². The van der Waals surface area contributed by atoms with Crippen LogP contribution in [0.4, 0.5) is 10.1 Å². The van der Waals surface area contributed by atoms with Gasteiger partial charge in [-0.25, -0.2) is 4.39 Å². The van der Waals surface area contributed by atoms with E-state index in [-0.39, 0.29) is 18.0 Å². The summed E-state index contributed by atoms with van der Waals surface area (Å²) >= 11 is 0. The first-order valence-corrected chi connectivity index (χ1v) is 6.97. The number of anilines is 1. The van der Waals surface area contributed by atoms with Crippen molar-refractivity contribution in [1.82, 2.24) is 5.32 Å².